The largest absolute Gasteiger partial charge is 0.379 e. The SMILES string of the molecule is CN1CCC(C(O)(c2ccc(F)cc2)c2cc(Cl)c(Cl)s2)CC1. The van der Waals surface area contributed by atoms with Gasteiger partial charge in [-0.15, -0.1) is 11.3 Å². The van der Waals surface area contributed by atoms with Crippen molar-refractivity contribution in [3.05, 3.63) is 55.9 Å². The average Bonchev–Trinajstić information content (AvgIpc) is 2.88. The molecule has 1 fully saturated rings. The molecule has 6 heteroatoms. The van der Waals surface area contributed by atoms with Gasteiger partial charge < -0.3 is 10.0 Å². The molecular weight excluding hydrogens is 356 g/mol. The molecule has 0 saturated carbocycles. The Balaban J connectivity index is 2.06. The van der Waals surface area contributed by atoms with Crippen LogP contribution < -0.4 is 0 Å². The summed E-state index contributed by atoms with van der Waals surface area (Å²) in [4.78, 5) is 2.96. The first-order valence-corrected chi connectivity index (χ1v) is 9.10. The van der Waals surface area contributed by atoms with E-state index in [4.69, 9.17) is 23.2 Å². The fourth-order valence-corrected chi connectivity index (χ4v) is 4.80. The van der Waals surface area contributed by atoms with Gasteiger partial charge in [-0.3, -0.25) is 0 Å². The molecule has 1 aromatic heterocycles. The Kier molecular flexibility index (Phi) is 5.00. The molecule has 2 heterocycles. The van der Waals surface area contributed by atoms with E-state index in [-0.39, 0.29) is 11.7 Å². The summed E-state index contributed by atoms with van der Waals surface area (Å²) in [5.41, 5.74) is -0.515. The molecule has 124 valence electrons. The Hall–Kier alpha value is -0.650. The van der Waals surface area contributed by atoms with E-state index in [1.54, 1.807) is 18.2 Å². The minimum atomic E-state index is -1.20. The van der Waals surface area contributed by atoms with Gasteiger partial charge in [-0.1, -0.05) is 35.3 Å². The van der Waals surface area contributed by atoms with Gasteiger partial charge in [-0.2, -0.15) is 0 Å². The molecule has 1 N–H and O–H groups in total. The third-order valence-corrected chi connectivity index (χ3v) is 6.60. The average molecular weight is 374 g/mol. The van der Waals surface area contributed by atoms with E-state index in [1.165, 1.54) is 23.5 Å². The van der Waals surface area contributed by atoms with Crippen molar-refractivity contribution in [1.82, 2.24) is 4.90 Å². The van der Waals surface area contributed by atoms with E-state index in [2.05, 4.69) is 11.9 Å². The standard InChI is InChI=1S/C17H18Cl2FNOS/c1-21-8-6-12(7-9-21)17(22,11-2-4-13(20)5-3-11)15-10-14(18)16(19)23-15/h2-5,10,12,22H,6-9H2,1H3. The number of rotatable bonds is 3. The van der Waals surface area contributed by atoms with Crippen LogP contribution in [0.3, 0.4) is 0 Å². The number of piperidine rings is 1. The highest BCUT2D eigenvalue weighted by molar-refractivity contribution is 7.17. The van der Waals surface area contributed by atoms with Crippen LogP contribution in [-0.4, -0.2) is 30.1 Å². The fraction of sp³-hybridized carbons (Fsp3) is 0.412. The predicted molar refractivity (Wildman–Crippen MR) is 94.0 cm³/mol. The maximum absolute atomic E-state index is 13.3. The lowest BCUT2D eigenvalue weighted by atomic mass is 9.75. The van der Waals surface area contributed by atoms with Crippen LogP contribution >= 0.6 is 34.5 Å². The van der Waals surface area contributed by atoms with Crippen molar-refractivity contribution >= 4 is 34.5 Å². The van der Waals surface area contributed by atoms with Crippen molar-refractivity contribution in [1.29, 1.82) is 0 Å². The van der Waals surface area contributed by atoms with Gasteiger partial charge in [0.05, 0.1) is 5.02 Å². The van der Waals surface area contributed by atoms with Crippen LogP contribution in [0.1, 0.15) is 23.3 Å². The van der Waals surface area contributed by atoms with Gasteiger partial charge in [0.1, 0.15) is 15.8 Å². The minimum absolute atomic E-state index is 0.0370. The van der Waals surface area contributed by atoms with Gasteiger partial charge in [0.15, 0.2) is 0 Å². The number of aliphatic hydroxyl groups is 1. The van der Waals surface area contributed by atoms with E-state index in [9.17, 15) is 9.50 Å². The van der Waals surface area contributed by atoms with Gasteiger partial charge in [0, 0.05) is 4.88 Å². The number of hydrogen-bond donors (Lipinski definition) is 1. The molecule has 1 saturated heterocycles. The summed E-state index contributed by atoms with van der Waals surface area (Å²) in [7, 11) is 2.08. The summed E-state index contributed by atoms with van der Waals surface area (Å²) < 4.78 is 13.8. The lowest BCUT2D eigenvalue weighted by Crippen LogP contribution is -2.42. The molecule has 1 unspecified atom stereocenters. The van der Waals surface area contributed by atoms with Crippen LogP contribution in [0.15, 0.2) is 30.3 Å². The first kappa shape index (κ1) is 17.2. The van der Waals surface area contributed by atoms with Crippen molar-refractivity contribution in [3.8, 4) is 0 Å². The number of hydrogen-bond acceptors (Lipinski definition) is 3. The molecule has 1 atom stereocenters. The summed E-state index contributed by atoms with van der Waals surface area (Å²) in [6.45, 7) is 1.84. The Morgan fingerprint density at radius 1 is 1.22 bits per heavy atom. The summed E-state index contributed by atoms with van der Waals surface area (Å²) >= 11 is 13.5. The van der Waals surface area contributed by atoms with E-state index >= 15 is 0 Å². The van der Waals surface area contributed by atoms with E-state index < -0.39 is 5.60 Å². The molecular formula is C17H18Cl2FNOS. The van der Waals surface area contributed by atoms with Crippen LogP contribution in [0.4, 0.5) is 4.39 Å². The molecule has 1 aromatic carbocycles. The van der Waals surface area contributed by atoms with Crippen molar-refractivity contribution in [2.24, 2.45) is 5.92 Å². The molecule has 1 aliphatic heterocycles. The molecule has 23 heavy (non-hydrogen) atoms. The number of halogens is 3. The molecule has 0 amide bonds. The van der Waals surface area contributed by atoms with Crippen molar-refractivity contribution in [2.75, 3.05) is 20.1 Å². The zero-order valence-electron chi connectivity index (χ0n) is 12.7. The molecule has 1 aliphatic rings. The van der Waals surface area contributed by atoms with Gasteiger partial charge in [0.2, 0.25) is 0 Å². The van der Waals surface area contributed by atoms with Crippen LogP contribution in [0.25, 0.3) is 0 Å². The summed E-state index contributed by atoms with van der Waals surface area (Å²) in [5.74, 6) is -0.281. The summed E-state index contributed by atoms with van der Waals surface area (Å²) in [6.07, 6.45) is 1.72. The normalized spacial score (nSPS) is 19.7. The van der Waals surface area contributed by atoms with E-state index in [0.717, 1.165) is 25.9 Å². The second-order valence-corrected chi connectivity index (χ2v) is 8.14. The van der Waals surface area contributed by atoms with Gasteiger partial charge in [0.25, 0.3) is 0 Å². The minimum Gasteiger partial charge on any atom is -0.379 e. The summed E-state index contributed by atoms with van der Waals surface area (Å²) in [6, 6.07) is 7.79. The quantitative estimate of drug-likeness (QED) is 0.837. The van der Waals surface area contributed by atoms with Crippen molar-refractivity contribution in [3.63, 3.8) is 0 Å². The second kappa shape index (κ2) is 6.69. The molecule has 0 spiro atoms. The van der Waals surface area contributed by atoms with Gasteiger partial charge >= 0.3 is 0 Å². The van der Waals surface area contributed by atoms with E-state index in [1.807, 2.05) is 0 Å². The monoisotopic (exact) mass is 373 g/mol. The molecule has 2 aromatic rings. The lowest BCUT2D eigenvalue weighted by molar-refractivity contribution is -0.00798. The third kappa shape index (κ3) is 3.28. The molecule has 0 bridgehead atoms. The Bertz CT molecular complexity index is 663. The maximum atomic E-state index is 13.3. The highest BCUT2D eigenvalue weighted by atomic mass is 35.5. The van der Waals surface area contributed by atoms with Crippen molar-refractivity contribution in [2.45, 2.75) is 18.4 Å². The van der Waals surface area contributed by atoms with Gasteiger partial charge in [-0.25, -0.2) is 4.39 Å². The number of benzene rings is 1. The van der Waals surface area contributed by atoms with Crippen LogP contribution in [0, 0.1) is 11.7 Å². The Morgan fingerprint density at radius 2 is 1.83 bits per heavy atom. The smallest absolute Gasteiger partial charge is 0.127 e. The fourth-order valence-electron chi connectivity index (χ4n) is 3.24. The molecule has 2 nitrogen and oxygen atoms in total. The van der Waals surface area contributed by atoms with Crippen LogP contribution in [-0.2, 0) is 5.60 Å². The topological polar surface area (TPSA) is 23.5 Å². The van der Waals surface area contributed by atoms with Gasteiger partial charge in [-0.05, 0) is 62.7 Å². The lowest BCUT2D eigenvalue weighted by Gasteiger charge is -2.40. The first-order chi connectivity index (χ1) is 10.9. The number of nitrogens with zero attached hydrogens (tertiary/aromatic N) is 1. The Morgan fingerprint density at radius 3 is 2.35 bits per heavy atom. The Labute approximate surface area is 149 Å². The van der Waals surface area contributed by atoms with Crippen molar-refractivity contribution < 1.29 is 9.50 Å². The molecule has 0 aliphatic carbocycles. The number of thiophene rings is 1. The van der Waals surface area contributed by atoms with Crippen LogP contribution in [0.2, 0.25) is 9.36 Å². The van der Waals surface area contributed by atoms with E-state index in [0.29, 0.717) is 19.8 Å². The molecule has 3 rings (SSSR count). The zero-order chi connectivity index (χ0) is 16.6. The molecule has 0 radical (unpaired) electrons. The highest BCUT2D eigenvalue weighted by Crippen LogP contribution is 2.47. The zero-order valence-corrected chi connectivity index (χ0v) is 15.1. The third-order valence-electron chi connectivity index (χ3n) is 4.61. The number of likely N-dealkylation sites (tertiary alicyclic amines) is 1. The second-order valence-electron chi connectivity index (χ2n) is 6.08. The predicted octanol–water partition coefficient (Wildman–Crippen LogP) is 4.77. The first-order valence-electron chi connectivity index (χ1n) is 7.53. The van der Waals surface area contributed by atoms with Crippen LogP contribution in [0.5, 0.6) is 0 Å². The summed E-state index contributed by atoms with van der Waals surface area (Å²) in [5, 5.41) is 12.1. The maximum Gasteiger partial charge on any atom is 0.127 e. The highest BCUT2D eigenvalue weighted by Gasteiger charge is 2.42.